The minimum absolute atomic E-state index is 0.150. The lowest BCUT2D eigenvalue weighted by Gasteiger charge is -2.06. The smallest absolute Gasteiger partial charge is 0.272 e. The van der Waals surface area contributed by atoms with Crippen molar-refractivity contribution in [2.45, 2.75) is 6.92 Å². The molecule has 0 bridgehead atoms. The third-order valence-corrected chi connectivity index (χ3v) is 2.28. The Labute approximate surface area is 104 Å². The lowest BCUT2D eigenvalue weighted by molar-refractivity contribution is -0.114. The Bertz CT molecular complexity index is 561. The molecule has 92 valence electrons. The standard InChI is InChI=1S/C13H13N3O2/c1-9(17)15-10-4-2-5-11(8-10)16-13(18)12-6-3-7-14-12/h2-8,14H,1H3,(H,15,17)(H,16,18). The van der Waals surface area contributed by atoms with Crippen LogP contribution in [0.15, 0.2) is 42.6 Å². The molecule has 0 spiro atoms. The number of nitrogens with one attached hydrogen (secondary N) is 3. The lowest BCUT2D eigenvalue weighted by atomic mass is 10.2. The number of H-pyrrole nitrogens is 1. The molecule has 2 amide bonds. The first kappa shape index (κ1) is 11.9. The van der Waals surface area contributed by atoms with Crippen LogP contribution in [0.2, 0.25) is 0 Å². The molecule has 0 aliphatic carbocycles. The Hall–Kier alpha value is -2.56. The second kappa shape index (κ2) is 5.18. The van der Waals surface area contributed by atoms with E-state index in [2.05, 4.69) is 15.6 Å². The molecule has 5 heteroatoms. The highest BCUT2D eigenvalue weighted by atomic mass is 16.2. The summed E-state index contributed by atoms with van der Waals surface area (Å²) in [7, 11) is 0. The van der Waals surface area contributed by atoms with E-state index >= 15 is 0 Å². The van der Waals surface area contributed by atoms with Crippen LogP contribution in [0.4, 0.5) is 11.4 Å². The number of hydrogen-bond donors (Lipinski definition) is 3. The van der Waals surface area contributed by atoms with Gasteiger partial charge in [-0.1, -0.05) is 6.07 Å². The van der Waals surface area contributed by atoms with Gasteiger partial charge in [0.25, 0.3) is 5.91 Å². The van der Waals surface area contributed by atoms with Gasteiger partial charge in [-0.05, 0) is 30.3 Å². The predicted molar refractivity (Wildman–Crippen MR) is 69.5 cm³/mol. The van der Waals surface area contributed by atoms with Gasteiger partial charge in [-0.15, -0.1) is 0 Å². The van der Waals surface area contributed by atoms with Crippen LogP contribution >= 0.6 is 0 Å². The summed E-state index contributed by atoms with van der Waals surface area (Å²) in [4.78, 5) is 25.5. The van der Waals surface area contributed by atoms with E-state index < -0.39 is 0 Å². The number of carbonyl (C=O) groups is 2. The maximum Gasteiger partial charge on any atom is 0.272 e. The van der Waals surface area contributed by atoms with Crippen LogP contribution in [-0.2, 0) is 4.79 Å². The Morgan fingerprint density at radius 2 is 1.78 bits per heavy atom. The first-order valence-corrected chi connectivity index (χ1v) is 5.47. The van der Waals surface area contributed by atoms with Crippen LogP contribution in [0.1, 0.15) is 17.4 Å². The molecule has 0 saturated carbocycles. The Morgan fingerprint density at radius 1 is 1.06 bits per heavy atom. The van der Waals surface area contributed by atoms with Gasteiger partial charge in [0.15, 0.2) is 0 Å². The van der Waals surface area contributed by atoms with Crippen molar-refractivity contribution in [3.05, 3.63) is 48.3 Å². The van der Waals surface area contributed by atoms with E-state index in [0.717, 1.165) is 0 Å². The second-order valence-electron chi connectivity index (χ2n) is 3.80. The van der Waals surface area contributed by atoms with Gasteiger partial charge in [0.2, 0.25) is 5.91 Å². The van der Waals surface area contributed by atoms with Crippen molar-refractivity contribution in [1.29, 1.82) is 0 Å². The van der Waals surface area contributed by atoms with Crippen LogP contribution in [0.3, 0.4) is 0 Å². The number of benzene rings is 1. The van der Waals surface area contributed by atoms with Gasteiger partial charge in [0, 0.05) is 24.5 Å². The maximum absolute atomic E-state index is 11.8. The minimum atomic E-state index is -0.222. The fraction of sp³-hybridized carbons (Fsp3) is 0.0769. The summed E-state index contributed by atoms with van der Waals surface area (Å²) in [6.07, 6.45) is 1.68. The molecule has 0 radical (unpaired) electrons. The SMILES string of the molecule is CC(=O)Nc1cccc(NC(=O)c2ccc[nH]2)c1. The number of aromatic nitrogens is 1. The highest BCUT2D eigenvalue weighted by molar-refractivity contribution is 6.03. The monoisotopic (exact) mass is 243 g/mol. The van der Waals surface area contributed by atoms with E-state index in [1.54, 1.807) is 42.6 Å². The van der Waals surface area contributed by atoms with Crippen molar-refractivity contribution in [2.24, 2.45) is 0 Å². The quantitative estimate of drug-likeness (QED) is 0.773. The largest absolute Gasteiger partial charge is 0.357 e. The van der Waals surface area contributed by atoms with Crippen molar-refractivity contribution < 1.29 is 9.59 Å². The molecule has 0 atom stereocenters. The molecular weight excluding hydrogens is 230 g/mol. The van der Waals surface area contributed by atoms with Crippen molar-refractivity contribution >= 4 is 23.2 Å². The zero-order valence-corrected chi connectivity index (χ0v) is 9.86. The molecule has 5 nitrogen and oxygen atoms in total. The van der Waals surface area contributed by atoms with E-state index in [4.69, 9.17) is 0 Å². The number of aromatic amines is 1. The minimum Gasteiger partial charge on any atom is -0.357 e. The molecule has 2 aromatic rings. The average Bonchev–Trinajstić information content (AvgIpc) is 2.81. The predicted octanol–water partition coefficient (Wildman–Crippen LogP) is 2.23. The summed E-state index contributed by atoms with van der Waals surface area (Å²) >= 11 is 0. The fourth-order valence-electron chi connectivity index (χ4n) is 1.55. The van der Waals surface area contributed by atoms with Gasteiger partial charge in [0.1, 0.15) is 5.69 Å². The van der Waals surface area contributed by atoms with E-state index in [-0.39, 0.29) is 11.8 Å². The van der Waals surface area contributed by atoms with E-state index in [1.807, 2.05) is 0 Å². The second-order valence-corrected chi connectivity index (χ2v) is 3.80. The summed E-state index contributed by atoms with van der Waals surface area (Å²) < 4.78 is 0. The molecule has 1 aromatic carbocycles. The van der Waals surface area contributed by atoms with Crippen LogP contribution in [-0.4, -0.2) is 16.8 Å². The summed E-state index contributed by atoms with van der Waals surface area (Å²) in [5.74, 6) is -0.372. The summed E-state index contributed by atoms with van der Waals surface area (Å²) in [5.41, 5.74) is 1.76. The van der Waals surface area contributed by atoms with E-state index in [1.165, 1.54) is 6.92 Å². The van der Waals surface area contributed by atoms with Gasteiger partial charge in [-0.3, -0.25) is 9.59 Å². The average molecular weight is 243 g/mol. The first-order valence-electron chi connectivity index (χ1n) is 5.47. The number of carbonyl (C=O) groups excluding carboxylic acids is 2. The first-order chi connectivity index (χ1) is 8.65. The summed E-state index contributed by atoms with van der Waals surface area (Å²) in [5, 5.41) is 5.39. The van der Waals surface area contributed by atoms with E-state index in [0.29, 0.717) is 17.1 Å². The zero-order chi connectivity index (χ0) is 13.0. The van der Waals surface area contributed by atoms with Crippen molar-refractivity contribution in [1.82, 2.24) is 4.98 Å². The Kier molecular flexibility index (Phi) is 3.43. The molecule has 18 heavy (non-hydrogen) atoms. The van der Waals surface area contributed by atoms with Crippen molar-refractivity contribution in [3.8, 4) is 0 Å². The molecule has 2 rings (SSSR count). The molecule has 0 saturated heterocycles. The van der Waals surface area contributed by atoms with Gasteiger partial charge >= 0.3 is 0 Å². The molecule has 0 fully saturated rings. The molecule has 3 N–H and O–H groups in total. The Morgan fingerprint density at radius 3 is 2.39 bits per heavy atom. The van der Waals surface area contributed by atoms with Crippen LogP contribution in [0.5, 0.6) is 0 Å². The molecule has 0 unspecified atom stereocenters. The molecule has 1 heterocycles. The lowest BCUT2D eigenvalue weighted by Crippen LogP contribution is -2.12. The fourth-order valence-corrected chi connectivity index (χ4v) is 1.55. The van der Waals surface area contributed by atoms with Crippen molar-refractivity contribution in [3.63, 3.8) is 0 Å². The van der Waals surface area contributed by atoms with Crippen LogP contribution in [0, 0.1) is 0 Å². The number of anilines is 2. The maximum atomic E-state index is 11.8. The van der Waals surface area contributed by atoms with E-state index in [9.17, 15) is 9.59 Å². The highest BCUT2D eigenvalue weighted by Crippen LogP contribution is 2.15. The third kappa shape index (κ3) is 2.98. The summed E-state index contributed by atoms with van der Waals surface area (Å²) in [6, 6.07) is 10.4. The van der Waals surface area contributed by atoms with Crippen LogP contribution < -0.4 is 10.6 Å². The topological polar surface area (TPSA) is 74.0 Å². The highest BCUT2D eigenvalue weighted by Gasteiger charge is 2.06. The Balaban J connectivity index is 2.10. The van der Waals surface area contributed by atoms with Gasteiger partial charge in [-0.25, -0.2) is 0 Å². The van der Waals surface area contributed by atoms with Gasteiger partial charge in [-0.2, -0.15) is 0 Å². The third-order valence-electron chi connectivity index (χ3n) is 2.28. The number of amides is 2. The molecule has 0 aliphatic heterocycles. The number of rotatable bonds is 3. The number of hydrogen-bond acceptors (Lipinski definition) is 2. The molecule has 0 aliphatic rings. The van der Waals surface area contributed by atoms with Gasteiger partial charge in [0.05, 0.1) is 0 Å². The zero-order valence-electron chi connectivity index (χ0n) is 9.86. The molecular formula is C13H13N3O2. The van der Waals surface area contributed by atoms with Gasteiger partial charge < -0.3 is 15.6 Å². The van der Waals surface area contributed by atoms with Crippen LogP contribution in [0.25, 0.3) is 0 Å². The van der Waals surface area contributed by atoms with Crippen molar-refractivity contribution in [2.75, 3.05) is 10.6 Å². The molecule has 1 aromatic heterocycles. The normalized spacial score (nSPS) is 9.83. The summed E-state index contributed by atoms with van der Waals surface area (Å²) in [6.45, 7) is 1.43.